The minimum atomic E-state index is -5.03. The molecule has 5 nitrogen and oxygen atoms in total. The van der Waals surface area contributed by atoms with Crippen LogP contribution in [0.15, 0.2) is 52.3 Å². The molecule has 1 unspecified atom stereocenters. The van der Waals surface area contributed by atoms with Gasteiger partial charge in [0.05, 0.1) is 10.9 Å². The lowest BCUT2D eigenvalue weighted by Crippen LogP contribution is -2.40. The summed E-state index contributed by atoms with van der Waals surface area (Å²) in [5.41, 5.74) is 0.153. The van der Waals surface area contributed by atoms with Gasteiger partial charge in [0.15, 0.2) is 0 Å². The lowest BCUT2D eigenvalue weighted by atomic mass is 10.0. The number of thioether (sulfide) groups is 1. The third-order valence-electron chi connectivity index (χ3n) is 4.67. The van der Waals surface area contributed by atoms with Crippen molar-refractivity contribution < 1.29 is 31.1 Å². The molecule has 0 N–H and O–H groups in total. The second-order valence-electron chi connectivity index (χ2n) is 6.57. The van der Waals surface area contributed by atoms with Crippen LogP contribution in [-0.4, -0.2) is 38.2 Å². The van der Waals surface area contributed by atoms with Gasteiger partial charge in [-0.1, -0.05) is 0 Å². The molecule has 1 saturated heterocycles. The van der Waals surface area contributed by atoms with Gasteiger partial charge in [0.1, 0.15) is 11.5 Å². The first-order chi connectivity index (χ1) is 14.0. The molecule has 11 heteroatoms. The largest absolute Gasteiger partial charge is 0.471 e. The van der Waals surface area contributed by atoms with Gasteiger partial charge in [-0.15, -0.1) is 11.8 Å². The van der Waals surface area contributed by atoms with Gasteiger partial charge in [0, 0.05) is 27.7 Å². The highest BCUT2D eigenvalue weighted by molar-refractivity contribution is 8.13. The zero-order valence-electron chi connectivity index (χ0n) is 15.6. The van der Waals surface area contributed by atoms with E-state index in [0.29, 0.717) is 17.1 Å². The van der Waals surface area contributed by atoms with Crippen LogP contribution in [0.2, 0.25) is 0 Å². The average Bonchev–Trinajstić information content (AvgIpc) is 3.16. The highest BCUT2D eigenvalue weighted by Gasteiger charge is 2.46. The first-order valence-corrected chi connectivity index (χ1v) is 12.3. The zero-order chi connectivity index (χ0) is 22.1. The van der Waals surface area contributed by atoms with Crippen LogP contribution in [0.1, 0.15) is 24.4 Å². The van der Waals surface area contributed by atoms with E-state index in [9.17, 15) is 26.4 Å². The van der Waals surface area contributed by atoms with Crippen molar-refractivity contribution in [1.82, 2.24) is 4.90 Å². The number of carbonyl (C=O) groups is 1. The first kappa shape index (κ1) is 22.8. The quantitative estimate of drug-likeness (QED) is 0.427. The van der Waals surface area contributed by atoms with Crippen LogP contribution in [0.3, 0.4) is 0 Å². The molecule has 1 amide bonds. The Bertz CT molecular complexity index is 1040. The van der Waals surface area contributed by atoms with Crippen LogP contribution in [0.5, 0.6) is 11.5 Å². The van der Waals surface area contributed by atoms with Crippen molar-refractivity contribution in [3.63, 3.8) is 0 Å². The van der Waals surface area contributed by atoms with Gasteiger partial charge in [-0.25, -0.2) is 8.42 Å². The fourth-order valence-electron chi connectivity index (χ4n) is 3.30. The molecule has 0 aromatic heterocycles. The van der Waals surface area contributed by atoms with Gasteiger partial charge in [-0.2, -0.15) is 13.2 Å². The summed E-state index contributed by atoms with van der Waals surface area (Å²) in [4.78, 5) is 13.3. The standard InChI is InChI=1S/C19H17ClF3NO4S2/c1-29-13-6-4-12(5-7-13)28-17-9-8-14(30(20,26)27)11-15(17)16-3-2-10-24(16)18(25)19(21,22)23/h4-9,11,16H,2-3,10H2,1H3. The number of carbonyl (C=O) groups excluding carboxylic acids is 1. The molecule has 0 radical (unpaired) electrons. The molecule has 162 valence electrons. The number of likely N-dealkylation sites (tertiary alicyclic amines) is 1. The van der Waals surface area contributed by atoms with Crippen LogP contribution in [0.25, 0.3) is 0 Å². The summed E-state index contributed by atoms with van der Waals surface area (Å²) >= 11 is 1.53. The maximum absolute atomic E-state index is 13.0. The number of halogens is 4. The van der Waals surface area contributed by atoms with E-state index in [1.807, 2.05) is 18.4 Å². The van der Waals surface area contributed by atoms with Crippen LogP contribution in [0.4, 0.5) is 13.2 Å². The average molecular weight is 480 g/mol. The van der Waals surface area contributed by atoms with Crippen molar-refractivity contribution >= 4 is 37.4 Å². The topological polar surface area (TPSA) is 63.7 Å². The Balaban J connectivity index is 2.04. The molecule has 30 heavy (non-hydrogen) atoms. The van der Waals surface area contributed by atoms with Crippen LogP contribution in [0, 0.1) is 0 Å². The summed E-state index contributed by atoms with van der Waals surface area (Å²) in [5, 5.41) is 0. The summed E-state index contributed by atoms with van der Waals surface area (Å²) in [6.45, 7) is -0.0945. The van der Waals surface area contributed by atoms with Crippen LogP contribution < -0.4 is 4.74 Å². The molecule has 1 heterocycles. The SMILES string of the molecule is CSc1ccc(Oc2ccc(S(=O)(=O)Cl)cc2C2CCCN2C(=O)C(F)(F)F)cc1. The third kappa shape index (κ3) is 5.04. The van der Waals surface area contributed by atoms with E-state index in [-0.39, 0.29) is 29.2 Å². The summed E-state index contributed by atoms with van der Waals surface area (Å²) < 4.78 is 68.5. The summed E-state index contributed by atoms with van der Waals surface area (Å²) in [7, 11) is 1.29. The normalized spacial score (nSPS) is 17.2. The molecular weight excluding hydrogens is 463 g/mol. The monoisotopic (exact) mass is 479 g/mol. The first-order valence-electron chi connectivity index (χ1n) is 8.79. The van der Waals surface area contributed by atoms with E-state index in [4.69, 9.17) is 15.4 Å². The summed E-state index contributed by atoms with van der Waals surface area (Å²) in [6, 6.07) is 9.73. The minimum absolute atomic E-state index is 0.0945. The van der Waals surface area contributed by atoms with Crippen LogP contribution >= 0.6 is 22.4 Å². The Morgan fingerprint density at radius 3 is 2.43 bits per heavy atom. The number of alkyl halides is 3. The van der Waals surface area contributed by atoms with Crippen molar-refractivity contribution in [1.29, 1.82) is 0 Å². The number of amides is 1. The molecule has 0 saturated carbocycles. The Kier molecular flexibility index (Phi) is 6.59. The Labute approximate surface area is 180 Å². The zero-order valence-corrected chi connectivity index (χ0v) is 18.0. The molecule has 1 fully saturated rings. The van der Waals surface area contributed by atoms with Crippen molar-refractivity contribution in [2.45, 2.75) is 34.9 Å². The molecule has 1 atom stereocenters. The molecule has 0 bridgehead atoms. The fourth-order valence-corrected chi connectivity index (χ4v) is 4.49. The van der Waals surface area contributed by atoms with Gasteiger partial charge >= 0.3 is 12.1 Å². The Hall–Kier alpha value is -1.91. The predicted octanol–water partition coefficient (Wildman–Crippen LogP) is 5.35. The second kappa shape index (κ2) is 8.68. The third-order valence-corrected chi connectivity index (χ3v) is 6.76. The second-order valence-corrected chi connectivity index (χ2v) is 10.0. The summed E-state index contributed by atoms with van der Waals surface area (Å²) in [6.07, 6.45) is -2.55. The van der Waals surface area contributed by atoms with Gasteiger partial charge in [-0.3, -0.25) is 4.79 Å². The lowest BCUT2D eigenvalue weighted by Gasteiger charge is -2.27. The Morgan fingerprint density at radius 2 is 1.87 bits per heavy atom. The van der Waals surface area contributed by atoms with Crippen molar-refractivity contribution in [3.05, 3.63) is 48.0 Å². The molecule has 2 aromatic carbocycles. The highest BCUT2D eigenvalue weighted by Crippen LogP contribution is 2.42. The smallest absolute Gasteiger partial charge is 0.457 e. The van der Waals surface area contributed by atoms with E-state index in [1.54, 1.807) is 12.1 Å². The number of ether oxygens (including phenoxy) is 1. The van der Waals surface area contributed by atoms with E-state index >= 15 is 0 Å². The minimum Gasteiger partial charge on any atom is -0.457 e. The molecular formula is C19H17ClF3NO4S2. The highest BCUT2D eigenvalue weighted by atomic mass is 35.7. The molecule has 2 aromatic rings. The fraction of sp³-hybridized carbons (Fsp3) is 0.316. The summed E-state index contributed by atoms with van der Waals surface area (Å²) in [5.74, 6) is -1.40. The van der Waals surface area contributed by atoms with Crippen molar-refractivity contribution in [3.8, 4) is 11.5 Å². The number of hydrogen-bond donors (Lipinski definition) is 0. The maximum Gasteiger partial charge on any atom is 0.471 e. The van der Waals surface area contributed by atoms with Crippen LogP contribution in [-0.2, 0) is 13.8 Å². The Morgan fingerprint density at radius 1 is 1.20 bits per heavy atom. The lowest BCUT2D eigenvalue weighted by molar-refractivity contribution is -0.186. The number of rotatable bonds is 5. The molecule has 0 aliphatic carbocycles. The molecule has 1 aliphatic heterocycles. The van der Waals surface area contributed by atoms with Crippen molar-refractivity contribution in [2.24, 2.45) is 0 Å². The van der Waals surface area contributed by atoms with Gasteiger partial charge in [0.25, 0.3) is 9.05 Å². The number of nitrogens with zero attached hydrogens (tertiary/aromatic N) is 1. The molecule has 0 spiro atoms. The maximum atomic E-state index is 13.0. The number of benzene rings is 2. The molecule has 3 rings (SSSR count). The van der Waals surface area contributed by atoms with E-state index in [0.717, 1.165) is 4.90 Å². The van der Waals surface area contributed by atoms with E-state index in [1.165, 1.54) is 30.0 Å². The van der Waals surface area contributed by atoms with Crippen molar-refractivity contribution in [2.75, 3.05) is 12.8 Å². The van der Waals surface area contributed by atoms with Gasteiger partial charge < -0.3 is 9.64 Å². The van der Waals surface area contributed by atoms with Gasteiger partial charge in [0.2, 0.25) is 0 Å². The predicted molar refractivity (Wildman–Crippen MR) is 108 cm³/mol. The molecule has 1 aliphatic rings. The van der Waals surface area contributed by atoms with E-state index in [2.05, 4.69) is 0 Å². The van der Waals surface area contributed by atoms with E-state index < -0.39 is 27.2 Å². The number of hydrogen-bond acceptors (Lipinski definition) is 5. The van der Waals surface area contributed by atoms with Gasteiger partial charge in [-0.05, 0) is 61.6 Å².